The van der Waals surface area contributed by atoms with Crippen molar-refractivity contribution < 1.29 is 24.0 Å². The van der Waals surface area contributed by atoms with Crippen molar-refractivity contribution in [2.24, 2.45) is 17.8 Å². The lowest BCUT2D eigenvalue weighted by molar-refractivity contribution is -0.203. The summed E-state index contributed by atoms with van der Waals surface area (Å²) in [6.45, 7) is 4.65. The van der Waals surface area contributed by atoms with Crippen LogP contribution in [0.15, 0.2) is 36.4 Å². The summed E-state index contributed by atoms with van der Waals surface area (Å²) in [5.41, 5.74) is 6.18. The fraction of sp³-hybridized carbons (Fsp3) is 0.538. The van der Waals surface area contributed by atoms with Gasteiger partial charge >= 0.3 is 0 Å². The number of nitrogens with zero attached hydrogens (tertiary/aromatic N) is 2. The first-order valence-corrected chi connectivity index (χ1v) is 12.8. The van der Waals surface area contributed by atoms with Gasteiger partial charge in [0.1, 0.15) is 6.54 Å². The molecule has 2 saturated heterocycles. The van der Waals surface area contributed by atoms with Gasteiger partial charge in [0, 0.05) is 20.1 Å². The Bertz CT molecular complexity index is 949. The number of rotatable bonds is 11. The quantitative estimate of drug-likeness (QED) is 0.344. The summed E-state index contributed by atoms with van der Waals surface area (Å²) in [6, 6.07) is 9.73. The molecule has 2 fully saturated rings. The van der Waals surface area contributed by atoms with Gasteiger partial charge < -0.3 is 9.64 Å². The van der Waals surface area contributed by atoms with E-state index in [0.717, 1.165) is 23.4 Å². The van der Waals surface area contributed by atoms with Gasteiger partial charge in [-0.05, 0) is 49.4 Å². The lowest BCUT2D eigenvalue weighted by Gasteiger charge is -2.29. The molecule has 3 rings (SSSR count). The first-order valence-electron chi connectivity index (χ1n) is 12.4. The van der Waals surface area contributed by atoms with Crippen LogP contribution < -0.4 is 10.9 Å². The van der Waals surface area contributed by atoms with E-state index in [1.165, 1.54) is 0 Å². The Hall–Kier alpha value is -2.82. The van der Waals surface area contributed by atoms with Gasteiger partial charge in [0.05, 0.1) is 11.8 Å². The summed E-state index contributed by atoms with van der Waals surface area (Å²) in [5, 5.41) is 1.31. The monoisotopic (exact) mass is 516 g/mol. The SMILES string of the molecule is CC(C)C[C@@H](C(=O)NN1C(=O)CN(C)C1=S)[C@H](CC=Cc1ccccc1)C(=O)NOC1CCCCO1. The number of hydrogen-bond acceptors (Lipinski definition) is 6. The highest BCUT2D eigenvalue weighted by Crippen LogP contribution is 2.26. The molecule has 0 aliphatic carbocycles. The summed E-state index contributed by atoms with van der Waals surface area (Å²) >= 11 is 5.28. The number of hydroxylamine groups is 1. The summed E-state index contributed by atoms with van der Waals surface area (Å²) in [7, 11) is 1.69. The summed E-state index contributed by atoms with van der Waals surface area (Å²) < 4.78 is 5.55. The van der Waals surface area contributed by atoms with Crippen LogP contribution in [0.2, 0.25) is 0 Å². The zero-order valence-electron chi connectivity index (χ0n) is 21.1. The highest BCUT2D eigenvalue weighted by Gasteiger charge is 2.38. The number of carbonyl (C=O) groups excluding carboxylic acids is 3. The van der Waals surface area contributed by atoms with Crippen LogP contribution in [0.25, 0.3) is 6.08 Å². The molecule has 1 unspecified atom stereocenters. The van der Waals surface area contributed by atoms with E-state index in [9.17, 15) is 14.4 Å². The number of nitrogens with one attached hydrogen (secondary N) is 2. The second-order valence-corrected chi connectivity index (χ2v) is 9.98. The molecule has 2 aliphatic heterocycles. The van der Waals surface area contributed by atoms with E-state index in [1.54, 1.807) is 11.9 Å². The fourth-order valence-electron chi connectivity index (χ4n) is 4.26. The molecule has 0 bridgehead atoms. The largest absolute Gasteiger partial charge is 0.350 e. The van der Waals surface area contributed by atoms with E-state index >= 15 is 0 Å². The van der Waals surface area contributed by atoms with Crippen molar-refractivity contribution in [3.05, 3.63) is 42.0 Å². The van der Waals surface area contributed by atoms with Gasteiger partial charge in [-0.25, -0.2) is 10.3 Å². The van der Waals surface area contributed by atoms with Gasteiger partial charge in [0.2, 0.25) is 11.8 Å². The minimum Gasteiger partial charge on any atom is -0.350 e. The van der Waals surface area contributed by atoms with Crippen LogP contribution in [-0.4, -0.2) is 59.2 Å². The number of thiocarbonyl (C=S) groups is 1. The van der Waals surface area contributed by atoms with Crippen molar-refractivity contribution in [2.45, 2.75) is 52.2 Å². The molecule has 36 heavy (non-hydrogen) atoms. The fourth-order valence-corrected chi connectivity index (χ4v) is 4.47. The zero-order chi connectivity index (χ0) is 26.1. The van der Waals surface area contributed by atoms with E-state index in [4.69, 9.17) is 21.8 Å². The Kier molecular flexibility index (Phi) is 10.4. The van der Waals surface area contributed by atoms with Crippen molar-refractivity contribution >= 4 is 41.1 Å². The van der Waals surface area contributed by atoms with E-state index in [2.05, 4.69) is 10.9 Å². The number of amides is 3. The van der Waals surface area contributed by atoms with E-state index < -0.39 is 29.9 Å². The molecule has 3 amide bonds. The number of hydrogen-bond donors (Lipinski definition) is 2. The van der Waals surface area contributed by atoms with Crippen LogP contribution in [0, 0.1) is 17.8 Å². The van der Waals surface area contributed by atoms with Crippen LogP contribution in [0.1, 0.15) is 51.5 Å². The highest BCUT2D eigenvalue weighted by molar-refractivity contribution is 7.80. The molecule has 0 saturated carbocycles. The van der Waals surface area contributed by atoms with E-state index in [0.29, 0.717) is 25.9 Å². The molecule has 2 N–H and O–H groups in total. The van der Waals surface area contributed by atoms with Crippen molar-refractivity contribution in [2.75, 3.05) is 20.2 Å². The van der Waals surface area contributed by atoms with Crippen molar-refractivity contribution in [1.82, 2.24) is 20.8 Å². The van der Waals surface area contributed by atoms with E-state index in [1.807, 2.05) is 56.3 Å². The maximum absolute atomic E-state index is 13.5. The minimum absolute atomic E-state index is 0.0902. The molecule has 1 aromatic carbocycles. The molecule has 0 spiro atoms. The molecule has 0 radical (unpaired) electrons. The van der Waals surface area contributed by atoms with Gasteiger partial charge in [-0.1, -0.05) is 56.3 Å². The third-order valence-corrected chi connectivity index (χ3v) is 6.67. The smallest absolute Gasteiger partial charge is 0.267 e. The highest BCUT2D eigenvalue weighted by atomic mass is 32.1. The number of ether oxygens (including phenoxy) is 1. The van der Waals surface area contributed by atoms with Crippen LogP contribution >= 0.6 is 12.2 Å². The average Bonchev–Trinajstić information content (AvgIpc) is 3.11. The zero-order valence-corrected chi connectivity index (χ0v) is 22.0. The Morgan fingerprint density at radius 1 is 1.19 bits per heavy atom. The first-order chi connectivity index (χ1) is 17.3. The lowest BCUT2D eigenvalue weighted by Crippen LogP contribution is -2.51. The third-order valence-electron chi connectivity index (χ3n) is 6.18. The Balaban J connectivity index is 1.78. The van der Waals surface area contributed by atoms with Crippen LogP contribution in [0.4, 0.5) is 0 Å². The van der Waals surface area contributed by atoms with Gasteiger partial charge in [-0.2, -0.15) is 5.01 Å². The number of likely N-dealkylation sites (N-methyl/N-ethyl adjacent to an activating group) is 1. The molecule has 196 valence electrons. The molecule has 10 heteroatoms. The minimum atomic E-state index is -0.736. The predicted molar refractivity (Wildman–Crippen MR) is 140 cm³/mol. The van der Waals surface area contributed by atoms with Gasteiger partial charge in [-0.15, -0.1) is 0 Å². The molecule has 1 aromatic rings. The Labute approximate surface area is 218 Å². The molecule has 2 heterocycles. The second-order valence-electron chi connectivity index (χ2n) is 9.62. The van der Waals surface area contributed by atoms with Gasteiger partial charge in [0.15, 0.2) is 11.4 Å². The number of hydrazine groups is 1. The molecule has 0 aromatic heterocycles. The molecular weight excluding hydrogens is 480 g/mol. The Morgan fingerprint density at radius 2 is 1.94 bits per heavy atom. The van der Waals surface area contributed by atoms with E-state index in [-0.39, 0.29) is 23.5 Å². The molecule has 9 nitrogen and oxygen atoms in total. The maximum atomic E-state index is 13.5. The molecular formula is C26H36N4O5S. The number of carbonyl (C=O) groups is 3. The van der Waals surface area contributed by atoms with Gasteiger partial charge in [-0.3, -0.25) is 19.8 Å². The van der Waals surface area contributed by atoms with Crippen LogP contribution in [-0.2, 0) is 24.0 Å². The standard InChI is InChI=1S/C26H36N4O5S/c1-18(2)16-21(24(32)27-30-22(31)17-29(3)26(30)36)20(13-9-12-19-10-5-4-6-11-19)25(33)28-35-23-14-7-8-15-34-23/h4-6,9-12,18,20-21,23H,7-8,13-17H2,1-3H3,(H,27,32)(H,28,33)/t20-,21+,23?/m0/s1. The van der Waals surface area contributed by atoms with Crippen LogP contribution in [0.3, 0.4) is 0 Å². The average molecular weight is 517 g/mol. The second kappa shape index (κ2) is 13.5. The maximum Gasteiger partial charge on any atom is 0.267 e. The first kappa shape index (κ1) is 27.8. The van der Waals surface area contributed by atoms with Crippen molar-refractivity contribution in [3.63, 3.8) is 0 Å². The summed E-state index contributed by atoms with van der Waals surface area (Å²) in [4.78, 5) is 46.3. The van der Waals surface area contributed by atoms with Gasteiger partial charge in [0.25, 0.3) is 5.91 Å². The predicted octanol–water partition coefficient (Wildman–Crippen LogP) is 3.03. The molecule has 3 atom stereocenters. The summed E-state index contributed by atoms with van der Waals surface area (Å²) in [5.74, 6) is -2.49. The van der Waals surface area contributed by atoms with Crippen molar-refractivity contribution in [3.8, 4) is 0 Å². The molecule has 2 aliphatic rings. The number of benzene rings is 1. The number of allylic oxidation sites excluding steroid dienone is 1. The Morgan fingerprint density at radius 3 is 2.56 bits per heavy atom. The normalized spacial score (nSPS) is 20.2. The van der Waals surface area contributed by atoms with Crippen LogP contribution in [0.5, 0.6) is 0 Å². The van der Waals surface area contributed by atoms with Crippen molar-refractivity contribution in [1.29, 1.82) is 0 Å². The third kappa shape index (κ3) is 7.84. The lowest BCUT2D eigenvalue weighted by atomic mass is 9.82. The topological polar surface area (TPSA) is 100 Å². The summed E-state index contributed by atoms with van der Waals surface area (Å²) in [6.07, 6.45) is 6.66.